The van der Waals surface area contributed by atoms with Crippen molar-refractivity contribution in [3.05, 3.63) is 29.3 Å². The van der Waals surface area contributed by atoms with Gasteiger partial charge in [-0.25, -0.2) is 4.79 Å². The molecule has 1 aliphatic heterocycles. The number of hydrogen-bond donors (Lipinski definition) is 2. The molecule has 1 aromatic rings. The summed E-state index contributed by atoms with van der Waals surface area (Å²) >= 11 is 0. The highest BCUT2D eigenvalue weighted by molar-refractivity contribution is 5.96. The summed E-state index contributed by atoms with van der Waals surface area (Å²) in [5.41, 5.74) is 2.06. The topological polar surface area (TPSA) is 67.4 Å². The standard InChI is InChI=1S/C15H20N2O3/c1-10-9-11(15(19)20-2)6-7-12(10)17-14(18)13-5-3-4-8-16-13/h6-7,9,13,16H,3-5,8H2,1-2H3,(H,17,18)/t13-/m1/s1. The number of aryl methyl sites for hydroxylation is 1. The van der Waals surface area contributed by atoms with E-state index < -0.39 is 0 Å². The minimum Gasteiger partial charge on any atom is -0.465 e. The Balaban J connectivity index is 2.05. The highest BCUT2D eigenvalue weighted by Gasteiger charge is 2.21. The van der Waals surface area contributed by atoms with Crippen molar-refractivity contribution in [2.45, 2.75) is 32.2 Å². The number of amides is 1. The molecule has 108 valence electrons. The van der Waals surface area contributed by atoms with Gasteiger partial charge in [0.15, 0.2) is 0 Å². The number of piperidine rings is 1. The summed E-state index contributed by atoms with van der Waals surface area (Å²) in [5, 5.41) is 6.12. The third-order valence-corrected chi connectivity index (χ3v) is 3.53. The molecule has 1 amide bonds. The van der Waals surface area contributed by atoms with Crippen LogP contribution in [0, 0.1) is 6.92 Å². The summed E-state index contributed by atoms with van der Waals surface area (Å²) in [6, 6.07) is 4.99. The molecule has 0 bridgehead atoms. The van der Waals surface area contributed by atoms with Crippen LogP contribution < -0.4 is 10.6 Å². The molecule has 1 fully saturated rings. The van der Waals surface area contributed by atoms with Crippen LogP contribution in [0.5, 0.6) is 0 Å². The van der Waals surface area contributed by atoms with E-state index in [0.717, 1.165) is 37.1 Å². The Morgan fingerprint density at radius 1 is 1.35 bits per heavy atom. The average Bonchev–Trinajstić information content (AvgIpc) is 2.49. The fourth-order valence-electron chi connectivity index (χ4n) is 2.34. The van der Waals surface area contributed by atoms with Gasteiger partial charge in [0.1, 0.15) is 0 Å². The lowest BCUT2D eigenvalue weighted by Gasteiger charge is -2.23. The summed E-state index contributed by atoms with van der Waals surface area (Å²) in [6.07, 6.45) is 3.06. The monoisotopic (exact) mass is 276 g/mol. The Morgan fingerprint density at radius 3 is 2.75 bits per heavy atom. The van der Waals surface area contributed by atoms with Crippen molar-refractivity contribution >= 4 is 17.6 Å². The summed E-state index contributed by atoms with van der Waals surface area (Å²) in [7, 11) is 1.35. The van der Waals surface area contributed by atoms with Gasteiger partial charge in [-0.2, -0.15) is 0 Å². The second-order valence-electron chi connectivity index (χ2n) is 5.01. The number of carbonyl (C=O) groups excluding carboxylic acids is 2. The zero-order valence-corrected chi connectivity index (χ0v) is 11.9. The molecule has 5 heteroatoms. The van der Waals surface area contributed by atoms with Crippen molar-refractivity contribution in [2.75, 3.05) is 19.0 Å². The number of anilines is 1. The molecular weight excluding hydrogens is 256 g/mol. The number of carbonyl (C=O) groups is 2. The van der Waals surface area contributed by atoms with Gasteiger partial charge in [-0.15, -0.1) is 0 Å². The number of hydrogen-bond acceptors (Lipinski definition) is 4. The number of benzene rings is 1. The van der Waals surface area contributed by atoms with Gasteiger partial charge in [-0.3, -0.25) is 4.79 Å². The Kier molecular flexibility index (Phi) is 4.74. The second kappa shape index (κ2) is 6.52. The van der Waals surface area contributed by atoms with E-state index in [2.05, 4.69) is 15.4 Å². The van der Waals surface area contributed by atoms with Gasteiger partial charge in [-0.1, -0.05) is 6.42 Å². The molecule has 5 nitrogen and oxygen atoms in total. The molecule has 0 unspecified atom stereocenters. The van der Waals surface area contributed by atoms with Crippen LogP contribution in [0.3, 0.4) is 0 Å². The van der Waals surface area contributed by atoms with E-state index in [4.69, 9.17) is 0 Å². The average molecular weight is 276 g/mol. The SMILES string of the molecule is COC(=O)c1ccc(NC(=O)[C@H]2CCCCN2)c(C)c1. The molecule has 1 saturated heterocycles. The van der Waals surface area contributed by atoms with Crippen molar-refractivity contribution in [1.82, 2.24) is 5.32 Å². The van der Waals surface area contributed by atoms with E-state index in [0.29, 0.717) is 5.56 Å². The molecule has 0 radical (unpaired) electrons. The molecule has 1 aromatic carbocycles. The third kappa shape index (κ3) is 3.36. The highest BCUT2D eigenvalue weighted by atomic mass is 16.5. The zero-order chi connectivity index (χ0) is 14.5. The quantitative estimate of drug-likeness (QED) is 0.827. The molecule has 1 aliphatic rings. The fraction of sp³-hybridized carbons (Fsp3) is 0.467. The van der Waals surface area contributed by atoms with Crippen molar-refractivity contribution in [2.24, 2.45) is 0 Å². The zero-order valence-electron chi connectivity index (χ0n) is 11.9. The predicted molar refractivity (Wildman–Crippen MR) is 76.8 cm³/mol. The Labute approximate surface area is 118 Å². The number of rotatable bonds is 3. The van der Waals surface area contributed by atoms with E-state index in [9.17, 15) is 9.59 Å². The van der Waals surface area contributed by atoms with E-state index in [1.165, 1.54) is 7.11 Å². The van der Waals surface area contributed by atoms with Gasteiger partial charge >= 0.3 is 5.97 Å². The minimum absolute atomic E-state index is 0.0152. The predicted octanol–water partition coefficient (Wildman–Crippen LogP) is 1.86. The molecule has 0 spiro atoms. The van der Waals surface area contributed by atoms with Gasteiger partial charge in [-0.05, 0) is 50.1 Å². The van der Waals surface area contributed by atoms with Crippen molar-refractivity contribution < 1.29 is 14.3 Å². The first-order valence-corrected chi connectivity index (χ1v) is 6.85. The lowest BCUT2D eigenvalue weighted by Crippen LogP contribution is -2.43. The van der Waals surface area contributed by atoms with Crippen LogP contribution in [-0.2, 0) is 9.53 Å². The van der Waals surface area contributed by atoms with Gasteiger partial charge in [0.25, 0.3) is 0 Å². The first-order valence-electron chi connectivity index (χ1n) is 6.85. The van der Waals surface area contributed by atoms with Crippen LogP contribution in [-0.4, -0.2) is 31.6 Å². The minimum atomic E-state index is -0.375. The van der Waals surface area contributed by atoms with Crippen molar-refractivity contribution in [1.29, 1.82) is 0 Å². The Bertz CT molecular complexity index is 508. The van der Waals surface area contributed by atoms with E-state index in [1.54, 1.807) is 18.2 Å². The molecule has 0 aliphatic carbocycles. The van der Waals surface area contributed by atoms with Crippen LogP contribution in [0.4, 0.5) is 5.69 Å². The van der Waals surface area contributed by atoms with Crippen molar-refractivity contribution in [3.63, 3.8) is 0 Å². The molecular formula is C15H20N2O3. The first-order chi connectivity index (χ1) is 9.61. The third-order valence-electron chi connectivity index (χ3n) is 3.53. The molecule has 0 aromatic heterocycles. The summed E-state index contributed by atoms with van der Waals surface area (Å²) in [5.74, 6) is -0.390. The maximum Gasteiger partial charge on any atom is 0.337 e. The van der Waals surface area contributed by atoms with Crippen molar-refractivity contribution in [3.8, 4) is 0 Å². The second-order valence-corrected chi connectivity index (χ2v) is 5.01. The number of esters is 1. The van der Waals surface area contributed by atoms with Crippen LogP contribution >= 0.6 is 0 Å². The maximum atomic E-state index is 12.1. The molecule has 1 atom stereocenters. The fourth-order valence-corrected chi connectivity index (χ4v) is 2.34. The molecule has 0 saturated carbocycles. The summed E-state index contributed by atoms with van der Waals surface area (Å²) in [4.78, 5) is 23.6. The first kappa shape index (κ1) is 14.5. The molecule has 20 heavy (non-hydrogen) atoms. The van der Waals surface area contributed by atoms with Crippen LogP contribution in [0.15, 0.2) is 18.2 Å². The summed E-state index contributed by atoms with van der Waals surface area (Å²) < 4.78 is 4.67. The number of methoxy groups -OCH3 is 1. The lowest BCUT2D eigenvalue weighted by atomic mass is 10.0. The van der Waals surface area contributed by atoms with E-state index in [1.807, 2.05) is 6.92 Å². The van der Waals surface area contributed by atoms with Crippen LogP contribution in [0.25, 0.3) is 0 Å². The number of ether oxygens (including phenoxy) is 1. The molecule has 2 rings (SSSR count). The Morgan fingerprint density at radius 2 is 2.15 bits per heavy atom. The van der Waals surface area contributed by atoms with Gasteiger partial charge < -0.3 is 15.4 Å². The largest absolute Gasteiger partial charge is 0.465 e. The Hall–Kier alpha value is -1.88. The normalized spacial score (nSPS) is 18.4. The smallest absolute Gasteiger partial charge is 0.337 e. The van der Waals surface area contributed by atoms with E-state index >= 15 is 0 Å². The van der Waals surface area contributed by atoms with Crippen LogP contribution in [0.1, 0.15) is 35.2 Å². The maximum absolute atomic E-state index is 12.1. The van der Waals surface area contributed by atoms with Gasteiger partial charge in [0, 0.05) is 5.69 Å². The highest BCUT2D eigenvalue weighted by Crippen LogP contribution is 2.18. The number of nitrogens with one attached hydrogen (secondary N) is 2. The molecule has 1 heterocycles. The summed E-state index contributed by atoms with van der Waals surface area (Å²) in [6.45, 7) is 2.74. The van der Waals surface area contributed by atoms with Gasteiger partial charge in [0.05, 0.1) is 18.7 Å². The lowest BCUT2D eigenvalue weighted by molar-refractivity contribution is -0.118. The molecule has 2 N–H and O–H groups in total. The van der Waals surface area contributed by atoms with Gasteiger partial charge in [0.2, 0.25) is 5.91 Å². The van der Waals surface area contributed by atoms with Crippen LogP contribution in [0.2, 0.25) is 0 Å². The van der Waals surface area contributed by atoms with E-state index in [-0.39, 0.29) is 17.9 Å².